The molecule has 6 heteroatoms. The molecule has 28 heavy (non-hydrogen) atoms. The molecule has 6 nitrogen and oxygen atoms in total. The van der Waals surface area contributed by atoms with E-state index in [4.69, 9.17) is 4.74 Å². The summed E-state index contributed by atoms with van der Waals surface area (Å²) in [6.07, 6.45) is 4.05. The average Bonchev–Trinajstić information content (AvgIpc) is 3.23. The molecule has 0 aromatic heterocycles. The van der Waals surface area contributed by atoms with Gasteiger partial charge in [-0.05, 0) is 37.8 Å². The molecule has 3 saturated heterocycles. The first-order valence-electron chi connectivity index (χ1n) is 10.5. The second kappa shape index (κ2) is 8.62. The number of carbonyl (C=O) groups is 2. The van der Waals surface area contributed by atoms with E-state index in [1.807, 2.05) is 9.80 Å². The molecule has 152 valence electrons. The van der Waals surface area contributed by atoms with E-state index in [1.54, 1.807) is 7.11 Å². The molecular weight excluding hydrogens is 354 g/mol. The Balaban J connectivity index is 1.44. The molecule has 2 amide bonds. The molecule has 3 aliphatic rings. The van der Waals surface area contributed by atoms with Crippen LogP contribution >= 0.6 is 0 Å². The normalized spacial score (nSPS) is 28.2. The molecule has 1 aromatic carbocycles. The van der Waals surface area contributed by atoms with Crippen molar-refractivity contribution in [3.05, 3.63) is 35.9 Å². The summed E-state index contributed by atoms with van der Waals surface area (Å²) < 4.78 is 4.98. The Bertz CT molecular complexity index is 696. The molecule has 3 aliphatic heterocycles. The summed E-state index contributed by atoms with van der Waals surface area (Å²) in [5.74, 6) is 0.383. The predicted molar refractivity (Wildman–Crippen MR) is 107 cm³/mol. The number of methoxy groups -OCH3 is 1. The lowest BCUT2D eigenvalue weighted by atomic mass is 9.93. The lowest BCUT2D eigenvalue weighted by Crippen LogP contribution is -2.43. The Morgan fingerprint density at radius 1 is 1.00 bits per heavy atom. The van der Waals surface area contributed by atoms with Gasteiger partial charge in [-0.15, -0.1) is 0 Å². The zero-order valence-electron chi connectivity index (χ0n) is 16.8. The van der Waals surface area contributed by atoms with Crippen LogP contribution in [0.2, 0.25) is 0 Å². The maximum absolute atomic E-state index is 13.4. The van der Waals surface area contributed by atoms with E-state index >= 15 is 0 Å². The Kier molecular flexibility index (Phi) is 5.97. The molecule has 4 rings (SSSR count). The van der Waals surface area contributed by atoms with E-state index in [1.165, 1.54) is 12.0 Å². The summed E-state index contributed by atoms with van der Waals surface area (Å²) >= 11 is 0. The topological polar surface area (TPSA) is 53.1 Å². The van der Waals surface area contributed by atoms with Crippen LogP contribution in [0.4, 0.5) is 0 Å². The second-order valence-corrected chi connectivity index (χ2v) is 8.21. The molecule has 0 saturated carbocycles. The van der Waals surface area contributed by atoms with Crippen molar-refractivity contribution in [3.63, 3.8) is 0 Å². The molecule has 0 aliphatic carbocycles. The van der Waals surface area contributed by atoms with Crippen molar-refractivity contribution in [3.8, 4) is 0 Å². The fourth-order valence-corrected chi connectivity index (χ4v) is 5.27. The first-order chi connectivity index (χ1) is 13.7. The second-order valence-electron chi connectivity index (χ2n) is 8.21. The number of nitrogens with zero attached hydrogens (tertiary/aromatic N) is 3. The molecule has 0 N–H and O–H groups in total. The zero-order valence-corrected chi connectivity index (χ0v) is 16.8. The van der Waals surface area contributed by atoms with Gasteiger partial charge in [-0.25, -0.2) is 0 Å². The van der Waals surface area contributed by atoms with Crippen molar-refractivity contribution in [2.45, 2.75) is 37.8 Å². The number of carbonyl (C=O) groups excluding carboxylic acids is 2. The maximum Gasteiger partial charge on any atom is 0.248 e. The average molecular weight is 386 g/mol. The molecule has 0 radical (unpaired) electrons. The minimum Gasteiger partial charge on any atom is -0.375 e. The van der Waals surface area contributed by atoms with Crippen LogP contribution in [0, 0.1) is 5.92 Å². The number of benzene rings is 1. The highest BCUT2D eigenvalue weighted by atomic mass is 16.5. The molecule has 0 bridgehead atoms. The summed E-state index contributed by atoms with van der Waals surface area (Å²) in [7, 11) is 1.54. The third-order valence-electron chi connectivity index (χ3n) is 6.61. The fourth-order valence-electron chi connectivity index (χ4n) is 5.27. The Labute approximate surface area is 167 Å². The molecule has 0 unspecified atom stereocenters. The van der Waals surface area contributed by atoms with Crippen LogP contribution in [0.3, 0.4) is 0 Å². The molecule has 3 atom stereocenters. The highest BCUT2D eigenvalue weighted by molar-refractivity contribution is 5.81. The number of fused-ring (bicyclic) bond motifs is 1. The van der Waals surface area contributed by atoms with Gasteiger partial charge in [-0.2, -0.15) is 0 Å². The van der Waals surface area contributed by atoms with Crippen LogP contribution in [-0.4, -0.2) is 79.0 Å². The Morgan fingerprint density at radius 3 is 2.54 bits per heavy atom. The van der Waals surface area contributed by atoms with E-state index < -0.39 is 0 Å². The van der Waals surface area contributed by atoms with E-state index in [0.29, 0.717) is 31.7 Å². The van der Waals surface area contributed by atoms with Crippen LogP contribution in [0.1, 0.15) is 37.3 Å². The molecule has 3 heterocycles. The SMILES string of the molecule is COCC(=O)N1CCCN(C(=O)[C@H]2C[C@@H](c3ccccc3)N3CCC[C@H]23)CC1. The quantitative estimate of drug-likeness (QED) is 0.795. The van der Waals surface area contributed by atoms with Crippen molar-refractivity contribution >= 4 is 11.8 Å². The predicted octanol–water partition coefficient (Wildman–Crippen LogP) is 1.92. The van der Waals surface area contributed by atoms with Crippen LogP contribution in [-0.2, 0) is 14.3 Å². The standard InChI is InChI=1S/C22H31N3O3/c1-28-16-21(26)23-10-6-11-24(14-13-23)22(27)18-15-20(17-7-3-2-4-8-17)25-12-5-9-19(18)25/h2-4,7-8,18-20H,5-6,9-16H2,1H3/t18-,19+,20-/m0/s1. The molecule has 3 fully saturated rings. The Hall–Kier alpha value is -1.92. The highest BCUT2D eigenvalue weighted by Gasteiger charge is 2.48. The maximum atomic E-state index is 13.4. The van der Waals surface area contributed by atoms with Crippen LogP contribution in [0.15, 0.2) is 30.3 Å². The lowest BCUT2D eigenvalue weighted by molar-refractivity contribution is -0.138. The van der Waals surface area contributed by atoms with Crippen LogP contribution in [0.5, 0.6) is 0 Å². The number of hydrogen-bond acceptors (Lipinski definition) is 4. The van der Waals surface area contributed by atoms with E-state index in [2.05, 4.69) is 35.2 Å². The van der Waals surface area contributed by atoms with E-state index in [0.717, 1.165) is 32.4 Å². The largest absolute Gasteiger partial charge is 0.375 e. The molecule has 0 spiro atoms. The van der Waals surface area contributed by atoms with Crippen molar-refractivity contribution in [1.82, 2.24) is 14.7 Å². The van der Waals surface area contributed by atoms with Gasteiger partial charge in [0.15, 0.2) is 0 Å². The number of hydrogen-bond donors (Lipinski definition) is 0. The first-order valence-corrected chi connectivity index (χ1v) is 10.5. The minimum atomic E-state index is 0.0174. The molecule has 1 aromatic rings. The van der Waals surface area contributed by atoms with Gasteiger partial charge in [0.25, 0.3) is 0 Å². The third kappa shape index (κ3) is 3.80. The third-order valence-corrected chi connectivity index (χ3v) is 6.61. The van der Waals surface area contributed by atoms with Crippen molar-refractivity contribution < 1.29 is 14.3 Å². The minimum absolute atomic E-state index is 0.0174. The van der Waals surface area contributed by atoms with E-state index in [-0.39, 0.29) is 24.3 Å². The van der Waals surface area contributed by atoms with Crippen molar-refractivity contribution in [2.24, 2.45) is 5.92 Å². The summed E-state index contributed by atoms with van der Waals surface area (Å²) in [6, 6.07) is 11.3. The number of rotatable bonds is 4. The van der Waals surface area contributed by atoms with Gasteiger partial charge in [0, 0.05) is 45.4 Å². The van der Waals surface area contributed by atoms with Gasteiger partial charge < -0.3 is 14.5 Å². The fraction of sp³-hybridized carbons (Fsp3) is 0.636. The summed E-state index contributed by atoms with van der Waals surface area (Å²) in [4.78, 5) is 32.0. The van der Waals surface area contributed by atoms with Gasteiger partial charge in [0.05, 0.1) is 5.92 Å². The van der Waals surface area contributed by atoms with Crippen molar-refractivity contribution in [2.75, 3.05) is 46.4 Å². The first kappa shape index (κ1) is 19.4. The van der Waals surface area contributed by atoms with Gasteiger partial charge in [-0.3, -0.25) is 14.5 Å². The molecular formula is C22H31N3O3. The number of amides is 2. The smallest absolute Gasteiger partial charge is 0.248 e. The monoisotopic (exact) mass is 385 g/mol. The Morgan fingerprint density at radius 2 is 1.75 bits per heavy atom. The van der Waals surface area contributed by atoms with Crippen LogP contribution in [0.25, 0.3) is 0 Å². The number of ether oxygens (including phenoxy) is 1. The lowest BCUT2D eigenvalue weighted by Gasteiger charge is -2.27. The van der Waals surface area contributed by atoms with Gasteiger partial charge in [0.1, 0.15) is 6.61 Å². The summed E-state index contributed by atoms with van der Waals surface area (Å²) in [5, 5.41) is 0. The van der Waals surface area contributed by atoms with Gasteiger partial charge >= 0.3 is 0 Å². The van der Waals surface area contributed by atoms with Gasteiger partial charge in [-0.1, -0.05) is 30.3 Å². The van der Waals surface area contributed by atoms with Crippen molar-refractivity contribution in [1.29, 1.82) is 0 Å². The highest BCUT2D eigenvalue weighted by Crippen LogP contribution is 2.45. The summed E-state index contributed by atoms with van der Waals surface area (Å²) in [6.45, 7) is 3.90. The summed E-state index contributed by atoms with van der Waals surface area (Å²) in [5.41, 5.74) is 1.33. The van der Waals surface area contributed by atoms with Crippen LogP contribution < -0.4 is 0 Å². The van der Waals surface area contributed by atoms with Gasteiger partial charge in [0.2, 0.25) is 11.8 Å². The zero-order chi connectivity index (χ0) is 19.5. The van der Waals surface area contributed by atoms with E-state index in [9.17, 15) is 9.59 Å².